The van der Waals surface area contributed by atoms with E-state index in [2.05, 4.69) is 5.32 Å². The molecule has 2 aromatic heterocycles. The second kappa shape index (κ2) is 6.56. The molecule has 0 unspecified atom stereocenters. The standard InChI is InChI=1S/C22H22N4O2/c1-14-10-11-18-16(12-14)13-19(24(18)3)21(27)23-20-15(2)25(4)26(22(20)28)17-8-6-5-7-9-17/h5-13H,1-4H3,(H,23,27). The first-order valence-electron chi connectivity index (χ1n) is 9.10. The van der Waals surface area contributed by atoms with Gasteiger partial charge in [-0.3, -0.25) is 14.3 Å². The van der Waals surface area contributed by atoms with E-state index in [0.29, 0.717) is 11.4 Å². The molecule has 0 aliphatic heterocycles. The van der Waals surface area contributed by atoms with Crippen LogP contribution in [0.25, 0.3) is 16.6 Å². The minimum absolute atomic E-state index is 0.255. The summed E-state index contributed by atoms with van der Waals surface area (Å²) in [4.78, 5) is 26.0. The average molecular weight is 374 g/mol. The molecule has 2 aromatic carbocycles. The van der Waals surface area contributed by atoms with Gasteiger partial charge in [-0.2, -0.15) is 0 Å². The molecule has 6 nitrogen and oxygen atoms in total. The third kappa shape index (κ3) is 2.74. The smallest absolute Gasteiger partial charge is 0.295 e. The molecule has 1 amide bonds. The van der Waals surface area contributed by atoms with Crippen LogP contribution in [0.1, 0.15) is 21.7 Å². The molecule has 6 heteroatoms. The zero-order chi connectivity index (χ0) is 20.0. The number of carbonyl (C=O) groups excluding carboxylic acids is 1. The third-order valence-electron chi connectivity index (χ3n) is 5.22. The van der Waals surface area contributed by atoms with E-state index in [0.717, 1.165) is 22.2 Å². The number of anilines is 1. The fraction of sp³-hybridized carbons (Fsp3) is 0.182. The third-order valence-corrected chi connectivity index (χ3v) is 5.22. The maximum atomic E-state index is 13.0. The number of nitrogens with one attached hydrogen (secondary N) is 1. The Morgan fingerprint density at radius 1 is 0.964 bits per heavy atom. The number of rotatable bonds is 3. The van der Waals surface area contributed by atoms with Gasteiger partial charge in [0.2, 0.25) is 0 Å². The molecule has 0 saturated carbocycles. The van der Waals surface area contributed by atoms with E-state index in [4.69, 9.17) is 0 Å². The number of aryl methyl sites for hydroxylation is 2. The molecule has 4 aromatic rings. The fourth-order valence-corrected chi connectivity index (χ4v) is 3.58. The quantitative estimate of drug-likeness (QED) is 0.596. The topological polar surface area (TPSA) is 61.0 Å². The average Bonchev–Trinajstić information content (AvgIpc) is 3.11. The largest absolute Gasteiger partial charge is 0.340 e. The molecular formula is C22H22N4O2. The zero-order valence-corrected chi connectivity index (χ0v) is 16.4. The van der Waals surface area contributed by atoms with Gasteiger partial charge in [-0.05, 0) is 44.2 Å². The first-order valence-corrected chi connectivity index (χ1v) is 9.10. The zero-order valence-electron chi connectivity index (χ0n) is 16.4. The number of aromatic nitrogens is 3. The molecule has 0 atom stereocenters. The number of benzene rings is 2. The number of fused-ring (bicyclic) bond motifs is 1. The van der Waals surface area contributed by atoms with Crippen LogP contribution in [0.15, 0.2) is 59.4 Å². The van der Waals surface area contributed by atoms with Gasteiger partial charge in [0.05, 0.1) is 11.4 Å². The Labute approximate surface area is 162 Å². The number of para-hydroxylation sites is 1. The van der Waals surface area contributed by atoms with E-state index in [1.807, 2.05) is 80.1 Å². The predicted molar refractivity (Wildman–Crippen MR) is 111 cm³/mol. The number of hydrogen-bond acceptors (Lipinski definition) is 2. The molecule has 0 bridgehead atoms. The lowest BCUT2D eigenvalue weighted by molar-refractivity contribution is 0.101. The first kappa shape index (κ1) is 17.9. The molecule has 4 rings (SSSR count). The van der Waals surface area contributed by atoms with Gasteiger partial charge in [0.25, 0.3) is 11.5 Å². The molecule has 142 valence electrons. The lowest BCUT2D eigenvalue weighted by Crippen LogP contribution is -2.23. The Morgan fingerprint density at radius 3 is 2.39 bits per heavy atom. The van der Waals surface area contributed by atoms with E-state index in [1.165, 1.54) is 0 Å². The van der Waals surface area contributed by atoms with Crippen LogP contribution in [-0.4, -0.2) is 19.8 Å². The molecule has 28 heavy (non-hydrogen) atoms. The van der Waals surface area contributed by atoms with Gasteiger partial charge < -0.3 is 9.88 Å². The van der Waals surface area contributed by atoms with Crippen LogP contribution in [0.2, 0.25) is 0 Å². The number of amides is 1. The van der Waals surface area contributed by atoms with Gasteiger partial charge >= 0.3 is 0 Å². The summed E-state index contributed by atoms with van der Waals surface area (Å²) in [6, 6.07) is 17.3. The van der Waals surface area contributed by atoms with E-state index in [9.17, 15) is 9.59 Å². The van der Waals surface area contributed by atoms with Crippen LogP contribution < -0.4 is 10.9 Å². The number of carbonyl (C=O) groups is 1. The van der Waals surface area contributed by atoms with Gasteiger partial charge in [-0.1, -0.05) is 29.8 Å². The van der Waals surface area contributed by atoms with Gasteiger partial charge in [0.1, 0.15) is 11.4 Å². The Balaban J connectivity index is 1.75. The highest BCUT2D eigenvalue weighted by Crippen LogP contribution is 2.21. The lowest BCUT2D eigenvalue weighted by Gasteiger charge is -2.07. The highest BCUT2D eigenvalue weighted by molar-refractivity contribution is 6.06. The molecule has 0 radical (unpaired) electrons. The second-order valence-corrected chi connectivity index (χ2v) is 7.04. The van der Waals surface area contributed by atoms with E-state index < -0.39 is 0 Å². The van der Waals surface area contributed by atoms with Crippen LogP contribution in [0.3, 0.4) is 0 Å². The maximum absolute atomic E-state index is 13.0. The summed E-state index contributed by atoms with van der Waals surface area (Å²) < 4.78 is 5.14. The monoisotopic (exact) mass is 374 g/mol. The van der Waals surface area contributed by atoms with E-state index in [-0.39, 0.29) is 17.2 Å². The second-order valence-electron chi connectivity index (χ2n) is 7.04. The van der Waals surface area contributed by atoms with Crippen molar-refractivity contribution in [2.45, 2.75) is 13.8 Å². The summed E-state index contributed by atoms with van der Waals surface area (Å²) in [6.45, 7) is 3.84. The normalized spacial score (nSPS) is 11.1. The summed E-state index contributed by atoms with van der Waals surface area (Å²) >= 11 is 0. The first-order chi connectivity index (χ1) is 13.4. The van der Waals surface area contributed by atoms with E-state index in [1.54, 1.807) is 16.4 Å². The van der Waals surface area contributed by atoms with Gasteiger partial charge in [0, 0.05) is 25.0 Å². The van der Waals surface area contributed by atoms with Gasteiger partial charge in [-0.15, -0.1) is 0 Å². The SMILES string of the molecule is Cc1ccc2c(c1)cc(C(=O)Nc1c(C)n(C)n(-c3ccccc3)c1=O)n2C. The summed E-state index contributed by atoms with van der Waals surface area (Å²) in [5.74, 6) is -0.303. The molecule has 2 heterocycles. The summed E-state index contributed by atoms with van der Waals surface area (Å²) in [5, 5.41) is 3.83. The van der Waals surface area contributed by atoms with Crippen molar-refractivity contribution in [2.75, 3.05) is 5.32 Å². The summed E-state index contributed by atoms with van der Waals surface area (Å²) in [5.41, 5.74) is 4.09. The molecule has 0 aliphatic carbocycles. The molecule has 0 fully saturated rings. The van der Waals surface area contributed by atoms with Crippen molar-refractivity contribution in [1.82, 2.24) is 13.9 Å². The Morgan fingerprint density at radius 2 is 1.68 bits per heavy atom. The van der Waals surface area contributed by atoms with Crippen LogP contribution in [0.4, 0.5) is 5.69 Å². The van der Waals surface area contributed by atoms with Crippen LogP contribution >= 0.6 is 0 Å². The maximum Gasteiger partial charge on any atom is 0.295 e. The Bertz CT molecular complexity index is 1260. The fourth-order valence-electron chi connectivity index (χ4n) is 3.58. The Kier molecular flexibility index (Phi) is 4.19. The number of nitrogens with zero attached hydrogens (tertiary/aromatic N) is 3. The van der Waals surface area contributed by atoms with Crippen LogP contribution in [-0.2, 0) is 14.1 Å². The molecule has 0 saturated heterocycles. The van der Waals surface area contributed by atoms with Crippen molar-refractivity contribution in [3.05, 3.63) is 81.9 Å². The number of hydrogen-bond donors (Lipinski definition) is 1. The highest BCUT2D eigenvalue weighted by atomic mass is 16.2. The predicted octanol–water partition coefficient (Wildman–Crippen LogP) is 3.54. The lowest BCUT2D eigenvalue weighted by atomic mass is 10.2. The van der Waals surface area contributed by atoms with E-state index >= 15 is 0 Å². The Hall–Kier alpha value is -3.54. The van der Waals surface area contributed by atoms with Crippen molar-refractivity contribution >= 4 is 22.5 Å². The minimum Gasteiger partial charge on any atom is -0.340 e. The van der Waals surface area contributed by atoms with Crippen molar-refractivity contribution in [3.8, 4) is 5.69 Å². The summed E-state index contributed by atoms with van der Waals surface area (Å²) in [7, 11) is 3.66. The van der Waals surface area contributed by atoms with Crippen molar-refractivity contribution in [2.24, 2.45) is 14.1 Å². The van der Waals surface area contributed by atoms with Gasteiger partial charge in [-0.25, -0.2) is 4.68 Å². The van der Waals surface area contributed by atoms with Crippen molar-refractivity contribution < 1.29 is 4.79 Å². The molecule has 1 N–H and O–H groups in total. The highest BCUT2D eigenvalue weighted by Gasteiger charge is 2.20. The van der Waals surface area contributed by atoms with Crippen LogP contribution in [0.5, 0.6) is 0 Å². The molecule has 0 spiro atoms. The summed E-state index contributed by atoms with van der Waals surface area (Å²) in [6.07, 6.45) is 0. The minimum atomic E-state index is -0.303. The van der Waals surface area contributed by atoms with Crippen LogP contribution in [0, 0.1) is 13.8 Å². The molecular weight excluding hydrogens is 352 g/mol. The van der Waals surface area contributed by atoms with Gasteiger partial charge in [0.15, 0.2) is 0 Å². The van der Waals surface area contributed by atoms with Crippen molar-refractivity contribution in [3.63, 3.8) is 0 Å². The molecule has 0 aliphatic rings. The van der Waals surface area contributed by atoms with Crippen molar-refractivity contribution in [1.29, 1.82) is 0 Å².